The minimum absolute atomic E-state index is 1.07. The fraction of sp³-hybridized carbons (Fsp3) is 0. The van der Waals surface area contributed by atoms with E-state index in [0.717, 1.165) is 39.8 Å². The molecule has 3 heterocycles. The summed E-state index contributed by atoms with van der Waals surface area (Å²) in [6, 6.07) is 89.0. The van der Waals surface area contributed by atoms with Crippen molar-refractivity contribution in [2.75, 3.05) is 9.80 Å². The van der Waals surface area contributed by atoms with E-state index in [1.807, 2.05) is 0 Å². The van der Waals surface area contributed by atoms with Crippen molar-refractivity contribution in [2.24, 2.45) is 0 Å². The van der Waals surface area contributed by atoms with Gasteiger partial charge in [0.05, 0.1) is 33.4 Å². The van der Waals surface area contributed by atoms with Crippen LogP contribution in [0.1, 0.15) is 0 Å². The van der Waals surface area contributed by atoms with Gasteiger partial charge in [-0.05, 0) is 125 Å². The number of fused-ring (bicyclic) bond motifs is 9. The van der Waals surface area contributed by atoms with Crippen molar-refractivity contribution in [3.63, 3.8) is 0 Å². The van der Waals surface area contributed by atoms with Crippen molar-refractivity contribution in [1.82, 2.24) is 9.13 Å². The van der Waals surface area contributed by atoms with Gasteiger partial charge >= 0.3 is 0 Å². The first kappa shape index (κ1) is 36.6. The van der Waals surface area contributed by atoms with Gasteiger partial charge in [0.2, 0.25) is 0 Å². The number of benzene rings is 11. The molecule has 1 aliphatic rings. The molecule has 0 fully saturated rings. The molecule has 0 amide bonds. The van der Waals surface area contributed by atoms with Crippen molar-refractivity contribution in [1.29, 1.82) is 0 Å². The molecule has 0 radical (unpaired) electrons. The minimum atomic E-state index is 1.07. The van der Waals surface area contributed by atoms with Crippen LogP contribution in [0, 0.1) is 0 Å². The normalized spacial score (nSPS) is 12.2. The number of nitrogens with zero attached hydrogens (tertiary/aromatic N) is 4. The van der Waals surface area contributed by atoms with Gasteiger partial charge in [-0.2, -0.15) is 0 Å². The van der Waals surface area contributed by atoms with Crippen molar-refractivity contribution < 1.29 is 0 Å². The van der Waals surface area contributed by atoms with E-state index in [9.17, 15) is 0 Å². The smallest absolute Gasteiger partial charge is 0.0561 e. The quantitative estimate of drug-likeness (QED) is 0.166. The molecular formula is C62H40N4. The van der Waals surface area contributed by atoms with E-state index in [1.54, 1.807) is 0 Å². The summed E-state index contributed by atoms with van der Waals surface area (Å²) in [5, 5.41) is 9.81. The van der Waals surface area contributed by atoms with E-state index >= 15 is 0 Å². The van der Waals surface area contributed by atoms with Crippen LogP contribution in [0.2, 0.25) is 0 Å². The summed E-state index contributed by atoms with van der Waals surface area (Å²) in [5.41, 5.74) is 16.2. The lowest BCUT2D eigenvalue weighted by Crippen LogP contribution is -2.16. The maximum absolute atomic E-state index is 2.46. The average molecular weight is 841 g/mol. The van der Waals surface area contributed by atoms with Gasteiger partial charge < -0.3 is 18.9 Å². The monoisotopic (exact) mass is 840 g/mol. The fourth-order valence-electron chi connectivity index (χ4n) is 10.9. The Morgan fingerprint density at radius 3 is 1.50 bits per heavy atom. The SMILES string of the molecule is c1ccc(N2c3cc(N(c4ccc5c(c4)c4ccccc4n5-c4ccccc4)c4ccc5c(c4)c4ccccc4n5-c4ccc5ccccc5c4)ccc3-c3cccc4cccc2c34)cc1. The highest BCUT2D eigenvalue weighted by molar-refractivity contribution is 6.16. The van der Waals surface area contributed by atoms with Gasteiger partial charge in [-0.1, -0.05) is 140 Å². The summed E-state index contributed by atoms with van der Waals surface area (Å²) in [5.74, 6) is 0. The summed E-state index contributed by atoms with van der Waals surface area (Å²) >= 11 is 0. The molecule has 0 bridgehead atoms. The van der Waals surface area contributed by atoms with Crippen LogP contribution in [0.5, 0.6) is 0 Å². The lowest BCUT2D eigenvalue weighted by Gasteiger charge is -2.35. The van der Waals surface area contributed by atoms with Gasteiger partial charge in [-0.15, -0.1) is 0 Å². The maximum atomic E-state index is 2.46. The number of hydrogen-bond acceptors (Lipinski definition) is 2. The Balaban J connectivity index is 1.03. The first-order chi connectivity index (χ1) is 32.7. The summed E-state index contributed by atoms with van der Waals surface area (Å²) in [4.78, 5) is 4.91. The van der Waals surface area contributed by atoms with Crippen LogP contribution >= 0.6 is 0 Å². The molecule has 4 heteroatoms. The molecule has 0 spiro atoms. The lowest BCUT2D eigenvalue weighted by atomic mass is 9.90. The number of aromatic nitrogens is 2. The third-order valence-corrected chi connectivity index (χ3v) is 13.7. The van der Waals surface area contributed by atoms with Crippen molar-refractivity contribution in [3.05, 3.63) is 243 Å². The zero-order valence-corrected chi connectivity index (χ0v) is 35.9. The predicted octanol–water partition coefficient (Wildman–Crippen LogP) is 17.1. The van der Waals surface area contributed by atoms with Crippen LogP contribution in [-0.4, -0.2) is 9.13 Å². The Bertz CT molecular complexity index is 4060. The molecule has 308 valence electrons. The van der Waals surface area contributed by atoms with Crippen LogP contribution < -0.4 is 9.80 Å². The molecule has 1 aliphatic heterocycles. The van der Waals surface area contributed by atoms with Crippen LogP contribution in [0.3, 0.4) is 0 Å². The van der Waals surface area contributed by atoms with Crippen molar-refractivity contribution >= 4 is 99.3 Å². The summed E-state index contributed by atoms with van der Waals surface area (Å²) in [7, 11) is 0. The molecule has 0 saturated heterocycles. The minimum Gasteiger partial charge on any atom is -0.310 e. The lowest BCUT2D eigenvalue weighted by molar-refractivity contribution is 1.18. The molecule has 2 aromatic heterocycles. The van der Waals surface area contributed by atoms with E-state index < -0.39 is 0 Å². The Hall–Kier alpha value is -8.86. The highest BCUT2D eigenvalue weighted by Gasteiger charge is 2.28. The van der Waals surface area contributed by atoms with Gasteiger partial charge in [0.15, 0.2) is 0 Å². The second-order valence-electron chi connectivity index (χ2n) is 17.4. The Morgan fingerprint density at radius 2 is 0.803 bits per heavy atom. The molecule has 66 heavy (non-hydrogen) atoms. The van der Waals surface area contributed by atoms with Gasteiger partial charge in [0.25, 0.3) is 0 Å². The molecule has 0 unspecified atom stereocenters. The summed E-state index contributed by atoms with van der Waals surface area (Å²) in [6.07, 6.45) is 0. The first-order valence-electron chi connectivity index (χ1n) is 22.7. The molecule has 14 rings (SSSR count). The Morgan fingerprint density at radius 1 is 0.273 bits per heavy atom. The summed E-state index contributed by atoms with van der Waals surface area (Å²) < 4.78 is 4.81. The number of para-hydroxylation sites is 4. The number of anilines is 6. The van der Waals surface area contributed by atoms with E-state index in [1.165, 1.54) is 82.0 Å². The Labute approximate surface area is 381 Å². The predicted molar refractivity (Wildman–Crippen MR) is 278 cm³/mol. The van der Waals surface area contributed by atoms with E-state index in [4.69, 9.17) is 0 Å². The highest BCUT2D eigenvalue weighted by atomic mass is 15.2. The first-order valence-corrected chi connectivity index (χ1v) is 22.7. The molecule has 4 nitrogen and oxygen atoms in total. The fourth-order valence-corrected chi connectivity index (χ4v) is 10.9. The second kappa shape index (κ2) is 14.3. The van der Waals surface area contributed by atoms with E-state index in [2.05, 4.69) is 262 Å². The van der Waals surface area contributed by atoms with E-state index in [0.29, 0.717) is 0 Å². The standard InChI is InChI=1S/C62H40N4/c1-3-19-44(20-4-1)64-56-26-11-9-23-50(56)54-38-47(32-35-58(54)64)63(48-33-36-59-55(39-48)51-24-10-12-27-57(51)66(59)46-30-29-41-15-7-8-16-43(41)37-46)49-31-34-52-53-25-13-17-42-18-14-28-60(62(42)53)65(61(52)40-49)45-21-5-2-6-22-45/h1-40H. The van der Waals surface area contributed by atoms with Crippen LogP contribution in [0.15, 0.2) is 243 Å². The molecule has 0 saturated carbocycles. The number of rotatable bonds is 6. The van der Waals surface area contributed by atoms with Crippen LogP contribution in [-0.2, 0) is 0 Å². The van der Waals surface area contributed by atoms with Crippen LogP contribution in [0.25, 0.3) is 87.7 Å². The van der Waals surface area contributed by atoms with E-state index in [-0.39, 0.29) is 0 Å². The van der Waals surface area contributed by atoms with Gasteiger partial charge in [0, 0.05) is 66.6 Å². The molecule has 0 N–H and O–H groups in total. The molecule has 0 aliphatic carbocycles. The van der Waals surface area contributed by atoms with Crippen molar-refractivity contribution in [3.8, 4) is 22.5 Å². The maximum Gasteiger partial charge on any atom is 0.0561 e. The third-order valence-electron chi connectivity index (χ3n) is 13.7. The highest BCUT2D eigenvalue weighted by Crippen LogP contribution is 2.53. The third kappa shape index (κ3) is 5.45. The second-order valence-corrected chi connectivity index (χ2v) is 17.4. The molecule has 0 atom stereocenters. The average Bonchev–Trinajstić information content (AvgIpc) is 3.89. The van der Waals surface area contributed by atoms with Crippen LogP contribution in [0.4, 0.5) is 34.1 Å². The Kier molecular flexibility index (Phi) is 7.95. The van der Waals surface area contributed by atoms with Crippen molar-refractivity contribution in [2.45, 2.75) is 0 Å². The largest absolute Gasteiger partial charge is 0.310 e. The number of hydrogen-bond donors (Lipinski definition) is 0. The zero-order chi connectivity index (χ0) is 43.3. The zero-order valence-electron chi connectivity index (χ0n) is 35.9. The molecular weight excluding hydrogens is 801 g/mol. The van der Waals surface area contributed by atoms with Gasteiger partial charge in [-0.3, -0.25) is 0 Å². The molecule has 13 aromatic rings. The topological polar surface area (TPSA) is 16.3 Å². The van der Waals surface area contributed by atoms with Gasteiger partial charge in [0.1, 0.15) is 0 Å². The van der Waals surface area contributed by atoms with Gasteiger partial charge in [-0.25, -0.2) is 0 Å². The molecule has 11 aromatic carbocycles. The summed E-state index contributed by atoms with van der Waals surface area (Å²) in [6.45, 7) is 0.